The van der Waals surface area contributed by atoms with Gasteiger partial charge in [0.15, 0.2) is 0 Å². The number of nitrogens with zero attached hydrogens (tertiary/aromatic N) is 1. The van der Waals surface area contributed by atoms with E-state index in [0.29, 0.717) is 6.54 Å². The van der Waals surface area contributed by atoms with Crippen molar-refractivity contribution < 1.29 is 9.90 Å². The maximum atomic E-state index is 11.9. The zero-order chi connectivity index (χ0) is 11.5. The molecule has 16 heavy (non-hydrogen) atoms. The van der Waals surface area contributed by atoms with E-state index in [1.54, 1.807) is 6.92 Å². The van der Waals surface area contributed by atoms with Crippen molar-refractivity contribution in [2.45, 2.75) is 26.0 Å². The monoisotopic (exact) mass is 219 g/mol. The SMILES string of the molecule is C[C@@H](O)[C@@H]1CCN(Cc2ccccc2)C1=O. The molecular formula is C13H17NO2. The lowest BCUT2D eigenvalue weighted by atomic mass is 10.0. The van der Waals surface area contributed by atoms with E-state index < -0.39 is 6.10 Å². The highest BCUT2D eigenvalue weighted by molar-refractivity contribution is 5.81. The summed E-state index contributed by atoms with van der Waals surface area (Å²) in [6, 6.07) is 9.95. The van der Waals surface area contributed by atoms with Gasteiger partial charge < -0.3 is 10.0 Å². The van der Waals surface area contributed by atoms with Crippen LogP contribution in [0.4, 0.5) is 0 Å². The van der Waals surface area contributed by atoms with Crippen molar-refractivity contribution in [1.29, 1.82) is 0 Å². The van der Waals surface area contributed by atoms with Crippen LogP contribution in [0.1, 0.15) is 18.9 Å². The van der Waals surface area contributed by atoms with Gasteiger partial charge in [-0.25, -0.2) is 0 Å². The topological polar surface area (TPSA) is 40.5 Å². The summed E-state index contributed by atoms with van der Waals surface area (Å²) in [4.78, 5) is 13.7. The van der Waals surface area contributed by atoms with Crippen LogP contribution in [0, 0.1) is 5.92 Å². The molecule has 1 saturated heterocycles. The second-order valence-corrected chi connectivity index (χ2v) is 4.38. The first-order chi connectivity index (χ1) is 7.68. The highest BCUT2D eigenvalue weighted by atomic mass is 16.3. The Hall–Kier alpha value is -1.35. The minimum Gasteiger partial charge on any atom is -0.393 e. The van der Waals surface area contributed by atoms with E-state index in [-0.39, 0.29) is 11.8 Å². The van der Waals surface area contributed by atoms with Gasteiger partial charge in [-0.2, -0.15) is 0 Å². The minimum absolute atomic E-state index is 0.0823. The van der Waals surface area contributed by atoms with Crippen molar-refractivity contribution in [2.75, 3.05) is 6.54 Å². The Bertz CT molecular complexity index is 361. The van der Waals surface area contributed by atoms with Crippen LogP contribution in [0.15, 0.2) is 30.3 Å². The Morgan fingerprint density at radius 3 is 2.69 bits per heavy atom. The number of aliphatic hydroxyl groups excluding tert-OH is 1. The highest BCUT2D eigenvalue weighted by Crippen LogP contribution is 2.22. The lowest BCUT2D eigenvalue weighted by Crippen LogP contribution is -2.30. The summed E-state index contributed by atoms with van der Waals surface area (Å²) in [6.45, 7) is 3.10. The van der Waals surface area contributed by atoms with Crippen molar-refractivity contribution in [2.24, 2.45) is 5.92 Å². The first kappa shape index (κ1) is 11.1. The van der Waals surface area contributed by atoms with Gasteiger partial charge >= 0.3 is 0 Å². The van der Waals surface area contributed by atoms with E-state index in [1.165, 1.54) is 0 Å². The van der Waals surface area contributed by atoms with Crippen molar-refractivity contribution in [3.8, 4) is 0 Å². The van der Waals surface area contributed by atoms with Crippen LogP contribution in [0.3, 0.4) is 0 Å². The van der Waals surface area contributed by atoms with Gasteiger partial charge in [0.05, 0.1) is 12.0 Å². The molecule has 0 radical (unpaired) electrons. The molecule has 2 rings (SSSR count). The van der Waals surface area contributed by atoms with E-state index in [1.807, 2.05) is 35.2 Å². The molecule has 1 heterocycles. The van der Waals surface area contributed by atoms with E-state index >= 15 is 0 Å². The number of benzene rings is 1. The number of hydrogen-bond donors (Lipinski definition) is 1. The average molecular weight is 219 g/mol. The Labute approximate surface area is 95.7 Å². The van der Waals surface area contributed by atoms with Gasteiger partial charge in [0.25, 0.3) is 0 Å². The number of carbonyl (C=O) groups is 1. The fourth-order valence-corrected chi connectivity index (χ4v) is 2.17. The van der Waals surface area contributed by atoms with Gasteiger partial charge in [0.1, 0.15) is 0 Å². The molecule has 3 nitrogen and oxygen atoms in total. The molecule has 0 bridgehead atoms. The molecule has 1 aromatic carbocycles. The van der Waals surface area contributed by atoms with Crippen LogP contribution in [0.2, 0.25) is 0 Å². The van der Waals surface area contributed by atoms with Gasteiger partial charge in [-0.15, -0.1) is 0 Å². The summed E-state index contributed by atoms with van der Waals surface area (Å²) in [5.74, 6) is -0.123. The third kappa shape index (κ3) is 2.25. The Kier molecular flexibility index (Phi) is 3.25. The van der Waals surface area contributed by atoms with Crippen LogP contribution in [0.25, 0.3) is 0 Å². The molecular weight excluding hydrogens is 202 g/mol. The number of hydrogen-bond acceptors (Lipinski definition) is 2. The molecule has 0 saturated carbocycles. The quantitative estimate of drug-likeness (QED) is 0.835. The van der Waals surface area contributed by atoms with E-state index in [4.69, 9.17) is 0 Å². The highest BCUT2D eigenvalue weighted by Gasteiger charge is 2.34. The normalized spacial score (nSPS) is 22.5. The summed E-state index contributed by atoms with van der Waals surface area (Å²) < 4.78 is 0. The summed E-state index contributed by atoms with van der Waals surface area (Å²) >= 11 is 0. The van der Waals surface area contributed by atoms with Crippen LogP contribution in [-0.2, 0) is 11.3 Å². The predicted octanol–water partition coefficient (Wildman–Crippen LogP) is 1.42. The molecule has 1 aliphatic heterocycles. The molecule has 0 unspecified atom stereocenters. The maximum Gasteiger partial charge on any atom is 0.228 e. The number of amides is 1. The predicted molar refractivity (Wildman–Crippen MR) is 61.6 cm³/mol. The van der Waals surface area contributed by atoms with Crippen LogP contribution in [0.5, 0.6) is 0 Å². The first-order valence-electron chi connectivity index (χ1n) is 5.69. The smallest absolute Gasteiger partial charge is 0.228 e. The molecule has 1 aromatic rings. The molecule has 0 aliphatic carbocycles. The number of carbonyl (C=O) groups excluding carboxylic acids is 1. The molecule has 3 heteroatoms. The number of aliphatic hydroxyl groups is 1. The maximum absolute atomic E-state index is 11.9. The molecule has 2 atom stereocenters. The second-order valence-electron chi connectivity index (χ2n) is 4.38. The summed E-state index contributed by atoms with van der Waals surface area (Å²) in [7, 11) is 0. The van der Waals surface area contributed by atoms with Gasteiger partial charge in [-0.3, -0.25) is 4.79 Å². The van der Waals surface area contributed by atoms with Crippen molar-refractivity contribution in [3.63, 3.8) is 0 Å². The molecule has 1 aliphatic rings. The van der Waals surface area contributed by atoms with E-state index in [2.05, 4.69) is 0 Å². The summed E-state index contributed by atoms with van der Waals surface area (Å²) in [6.07, 6.45) is 0.233. The van der Waals surface area contributed by atoms with Crippen LogP contribution < -0.4 is 0 Å². The summed E-state index contributed by atoms with van der Waals surface area (Å²) in [5.41, 5.74) is 1.14. The average Bonchev–Trinajstić information content (AvgIpc) is 2.62. The third-order valence-electron chi connectivity index (χ3n) is 3.14. The van der Waals surface area contributed by atoms with Crippen molar-refractivity contribution >= 4 is 5.91 Å². The number of likely N-dealkylation sites (tertiary alicyclic amines) is 1. The molecule has 1 fully saturated rings. The molecule has 0 spiro atoms. The van der Waals surface area contributed by atoms with Crippen molar-refractivity contribution in [1.82, 2.24) is 4.90 Å². The third-order valence-corrected chi connectivity index (χ3v) is 3.14. The zero-order valence-electron chi connectivity index (χ0n) is 9.47. The van der Waals surface area contributed by atoms with Crippen LogP contribution >= 0.6 is 0 Å². The lowest BCUT2D eigenvalue weighted by molar-refractivity contribution is -0.134. The largest absolute Gasteiger partial charge is 0.393 e. The lowest BCUT2D eigenvalue weighted by Gasteiger charge is -2.17. The van der Waals surface area contributed by atoms with Gasteiger partial charge in [-0.1, -0.05) is 30.3 Å². The molecule has 1 amide bonds. The minimum atomic E-state index is -0.534. The fraction of sp³-hybridized carbons (Fsp3) is 0.462. The van der Waals surface area contributed by atoms with Crippen molar-refractivity contribution in [3.05, 3.63) is 35.9 Å². The van der Waals surface area contributed by atoms with Gasteiger partial charge in [0, 0.05) is 13.1 Å². The standard InChI is InChI=1S/C13H17NO2/c1-10(15)12-7-8-14(13(12)16)9-11-5-3-2-4-6-11/h2-6,10,12,15H,7-9H2,1H3/t10-,12+/m1/s1. The molecule has 1 N–H and O–H groups in total. The Morgan fingerprint density at radius 1 is 1.44 bits per heavy atom. The van der Waals surface area contributed by atoms with E-state index in [0.717, 1.165) is 18.5 Å². The van der Waals surface area contributed by atoms with E-state index in [9.17, 15) is 9.90 Å². The summed E-state index contributed by atoms with van der Waals surface area (Å²) in [5, 5.41) is 9.46. The fourth-order valence-electron chi connectivity index (χ4n) is 2.17. The zero-order valence-corrected chi connectivity index (χ0v) is 9.47. The molecule has 86 valence electrons. The second kappa shape index (κ2) is 4.66. The Morgan fingerprint density at radius 2 is 2.12 bits per heavy atom. The van der Waals surface area contributed by atoms with Gasteiger partial charge in [-0.05, 0) is 18.9 Å². The molecule has 0 aromatic heterocycles. The van der Waals surface area contributed by atoms with Crippen LogP contribution in [-0.4, -0.2) is 28.6 Å². The van der Waals surface area contributed by atoms with Gasteiger partial charge in [0.2, 0.25) is 5.91 Å². The first-order valence-corrected chi connectivity index (χ1v) is 5.69. The Balaban J connectivity index is 2.01. The number of rotatable bonds is 3.